The zero-order valence-electron chi connectivity index (χ0n) is 18.0. The summed E-state index contributed by atoms with van der Waals surface area (Å²) < 4.78 is 11.0. The third-order valence-corrected chi connectivity index (χ3v) is 6.20. The molecule has 32 heavy (non-hydrogen) atoms. The zero-order valence-corrected chi connectivity index (χ0v) is 18.8. The number of hydrogen-bond donors (Lipinski definition) is 1. The van der Waals surface area contributed by atoms with Crippen molar-refractivity contribution in [1.29, 1.82) is 0 Å². The third-order valence-electron chi connectivity index (χ3n) is 5.05. The number of carbonyl (C=O) groups excluding carboxylic acids is 1. The minimum atomic E-state index is -0.157. The molecule has 0 saturated carbocycles. The monoisotopic (exact) mass is 444 g/mol. The van der Waals surface area contributed by atoms with Gasteiger partial charge in [-0.2, -0.15) is 0 Å². The van der Waals surface area contributed by atoms with Gasteiger partial charge in [0.15, 0.2) is 0 Å². The summed E-state index contributed by atoms with van der Waals surface area (Å²) in [6.07, 6.45) is 0. The van der Waals surface area contributed by atoms with E-state index in [9.17, 15) is 4.79 Å². The largest absolute Gasteiger partial charge is 0.489 e. The fourth-order valence-electron chi connectivity index (χ4n) is 3.19. The van der Waals surface area contributed by atoms with Gasteiger partial charge >= 0.3 is 0 Å². The maximum absolute atomic E-state index is 12.8. The van der Waals surface area contributed by atoms with Crippen molar-refractivity contribution >= 4 is 23.4 Å². The van der Waals surface area contributed by atoms with E-state index >= 15 is 0 Å². The number of para-hydroxylation sites is 1. The number of nitrogens with one attached hydrogen (secondary N) is 1. The normalized spacial score (nSPS) is 10.7. The number of ether oxygens (including phenoxy) is 1. The highest BCUT2D eigenvalue weighted by Crippen LogP contribution is 2.30. The smallest absolute Gasteiger partial charge is 0.255 e. The van der Waals surface area contributed by atoms with Gasteiger partial charge in [0.2, 0.25) is 0 Å². The van der Waals surface area contributed by atoms with Crippen LogP contribution in [0.25, 0.3) is 0 Å². The molecule has 1 heterocycles. The average molecular weight is 445 g/mol. The van der Waals surface area contributed by atoms with Crippen molar-refractivity contribution in [2.24, 2.45) is 0 Å². The van der Waals surface area contributed by atoms with E-state index in [0.29, 0.717) is 17.9 Å². The predicted molar refractivity (Wildman–Crippen MR) is 127 cm³/mol. The van der Waals surface area contributed by atoms with Crippen molar-refractivity contribution < 1.29 is 14.1 Å². The summed E-state index contributed by atoms with van der Waals surface area (Å²) in [4.78, 5) is 13.8. The van der Waals surface area contributed by atoms with Gasteiger partial charge in [0.05, 0.1) is 16.9 Å². The Hall–Kier alpha value is -3.51. The van der Waals surface area contributed by atoms with Crippen LogP contribution in [0.5, 0.6) is 5.75 Å². The Balaban J connectivity index is 1.38. The molecule has 0 radical (unpaired) electrons. The van der Waals surface area contributed by atoms with Crippen LogP contribution in [0, 0.1) is 13.8 Å². The van der Waals surface area contributed by atoms with Crippen molar-refractivity contribution in [3.63, 3.8) is 0 Å². The summed E-state index contributed by atoms with van der Waals surface area (Å²) in [5, 5.41) is 6.96. The van der Waals surface area contributed by atoms with Crippen LogP contribution in [0.3, 0.4) is 0 Å². The van der Waals surface area contributed by atoms with Crippen LogP contribution < -0.4 is 10.1 Å². The minimum Gasteiger partial charge on any atom is -0.489 e. The second kappa shape index (κ2) is 10.2. The van der Waals surface area contributed by atoms with Crippen molar-refractivity contribution in [3.05, 3.63) is 107 Å². The molecule has 0 aliphatic rings. The SMILES string of the molecule is Cc1noc(C)c1COc1ccc(C(=O)Nc2ccccc2SCc2ccccc2)cc1. The lowest BCUT2D eigenvalue weighted by Crippen LogP contribution is -2.12. The topological polar surface area (TPSA) is 64.4 Å². The van der Waals surface area contributed by atoms with Gasteiger partial charge < -0.3 is 14.6 Å². The molecule has 0 aliphatic heterocycles. The van der Waals surface area contributed by atoms with E-state index in [4.69, 9.17) is 9.26 Å². The van der Waals surface area contributed by atoms with E-state index in [1.165, 1.54) is 5.56 Å². The summed E-state index contributed by atoms with van der Waals surface area (Å²) in [6.45, 7) is 4.12. The number of thioether (sulfide) groups is 1. The number of amides is 1. The molecule has 0 unspecified atom stereocenters. The Bertz CT molecular complexity index is 1170. The second-order valence-corrected chi connectivity index (χ2v) is 8.36. The Morgan fingerprint density at radius 1 is 0.969 bits per heavy atom. The lowest BCUT2D eigenvalue weighted by atomic mass is 10.2. The first-order valence-corrected chi connectivity index (χ1v) is 11.3. The van der Waals surface area contributed by atoms with Gasteiger partial charge in [-0.1, -0.05) is 47.6 Å². The summed E-state index contributed by atoms with van der Waals surface area (Å²) >= 11 is 1.70. The van der Waals surface area contributed by atoms with Crippen molar-refractivity contribution in [2.75, 3.05) is 5.32 Å². The van der Waals surface area contributed by atoms with Gasteiger partial charge in [-0.15, -0.1) is 11.8 Å². The van der Waals surface area contributed by atoms with Crippen LogP contribution in [-0.4, -0.2) is 11.1 Å². The zero-order chi connectivity index (χ0) is 22.3. The van der Waals surface area contributed by atoms with Crippen LogP contribution in [0.4, 0.5) is 5.69 Å². The second-order valence-electron chi connectivity index (χ2n) is 7.34. The molecule has 4 aromatic rings. The molecule has 1 amide bonds. The van der Waals surface area contributed by atoms with Crippen LogP contribution >= 0.6 is 11.8 Å². The van der Waals surface area contributed by atoms with Gasteiger partial charge in [-0.3, -0.25) is 4.79 Å². The number of anilines is 1. The fraction of sp³-hybridized carbons (Fsp3) is 0.154. The molecule has 3 aromatic carbocycles. The van der Waals surface area contributed by atoms with Gasteiger partial charge in [0.1, 0.15) is 18.1 Å². The Kier molecular flexibility index (Phi) is 6.92. The standard InChI is InChI=1S/C26H24N2O3S/c1-18-23(19(2)31-28-18)16-30-22-14-12-21(13-15-22)26(29)27-24-10-6-7-11-25(24)32-17-20-8-4-3-5-9-20/h3-15H,16-17H2,1-2H3,(H,27,29). The minimum absolute atomic E-state index is 0.157. The maximum atomic E-state index is 12.8. The molecule has 5 nitrogen and oxygen atoms in total. The summed E-state index contributed by atoms with van der Waals surface area (Å²) in [7, 11) is 0. The third kappa shape index (κ3) is 5.39. The number of aromatic nitrogens is 1. The molecule has 1 aromatic heterocycles. The highest BCUT2D eigenvalue weighted by atomic mass is 32.2. The number of rotatable bonds is 8. The Morgan fingerprint density at radius 3 is 2.41 bits per heavy atom. The lowest BCUT2D eigenvalue weighted by molar-refractivity contribution is 0.102. The summed E-state index contributed by atoms with van der Waals surface area (Å²) in [5.74, 6) is 2.11. The highest BCUT2D eigenvalue weighted by molar-refractivity contribution is 7.98. The molecular formula is C26H24N2O3S. The van der Waals surface area contributed by atoms with Crippen LogP contribution in [-0.2, 0) is 12.4 Å². The quantitative estimate of drug-likeness (QED) is 0.318. The van der Waals surface area contributed by atoms with Gasteiger partial charge in [0, 0.05) is 16.2 Å². The van der Waals surface area contributed by atoms with Crippen LogP contribution in [0.15, 0.2) is 88.3 Å². The van der Waals surface area contributed by atoms with E-state index in [1.807, 2.05) is 56.3 Å². The highest BCUT2D eigenvalue weighted by Gasteiger charge is 2.12. The first-order valence-electron chi connectivity index (χ1n) is 10.3. The lowest BCUT2D eigenvalue weighted by Gasteiger charge is -2.11. The van der Waals surface area contributed by atoms with Crippen molar-refractivity contribution in [3.8, 4) is 5.75 Å². The molecule has 0 fully saturated rings. The maximum Gasteiger partial charge on any atom is 0.255 e. The van der Waals surface area contributed by atoms with Crippen LogP contribution in [0.2, 0.25) is 0 Å². The van der Waals surface area contributed by atoms with E-state index in [-0.39, 0.29) is 5.91 Å². The predicted octanol–water partition coefficient (Wildman–Crippen LogP) is 6.42. The van der Waals surface area contributed by atoms with E-state index in [1.54, 1.807) is 36.0 Å². The Morgan fingerprint density at radius 2 is 1.69 bits per heavy atom. The molecular weight excluding hydrogens is 420 g/mol. The molecule has 162 valence electrons. The molecule has 0 bridgehead atoms. The van der Waals surface area contributed by atoms with E-state index < -0.39 is 0 Å². The number of aryl methyl sites for hydroxylation is 2. The number of carbonyl (C=O) groups is 1. The molecule has 4 rings (SSSR count). The van der Waals surface area contributed by atoms with E-state index in [0.717, 1.165) is 33.4 Å². The van der Waals surface area contributed by atoms with Crippen LogP contribution in [0.1, 0.15) is 32.9 Å². The van der Waals surface area contributed by atoms with Gasteiger partial charge in [-0.05, 0) is 55.8 Å². The molecule has 0 saturated heterocycles. The summed E-state index contributed by atoms with van der Waals surface area (Å²) in [6, 6.07) is 25.2. The number of hydrogen-bond acceptors (Lipinski definition) is 5. The first kappa shape index (κ1) is 21.7. The molecule has 0 aliphatic carbocycles. The van der Waals surface area contributed by atoms with Crippen molar-refractivity contribution in [1.82, 2.24) is 5.16 Å². The number of benzene rings is 3. The van der Waals surface area contributed by atoms with Gasteiger partial charge in [0.25, 0.3) is 5.91 Å². The first-order chi connectivity index (χ1) is 15.6. The summed E-state index contributed by atoms with van der Waals surface area (Å²) in [5.41, 5.74) is 4.37. The van der Waals surface area contributed by atoms with E-state index in [2.05, 4.69) is 22.6 Å². The fourth-order valence-corrected chi connectivity index (χ4v) is 4.16. The molecule has 0 atom stereocenters. The number of nitrogens with zero attached hydrogens (tertiary/aromatic N) is 1. The average Bonchev–Trinajstić information content (AvgIpc) is 3.15. The molecule has 0 spiro atoms. The van der Waals surface area contributed by atoms with Crippen molar-refractivity contribution in [2.45, 2.75) is 31.1 Å². The molecule has 6 heteroatoms. The Labute approximate surface area is 191 Å². The van der Waals surface area contributed by atoms with Gasteiger partial charge in [-0.25, -0.2) is 0 Å². The molecule has 1 N–H and O–H groups in total.